The fourth-order valence-electron chi connectivity index (χ4n) is 5.35. The highest BCUT2D eigenvalue weighted by molar-refractivity contribution is 7.34. The number of hydrogen-bond donors (Lipinski definition) is 0. The number of rotatable bonds is 13. The van der Waals surface area contributed by atoms with Gasteiger partial charge in [0.15, 0.2) is 14.2 Å². The molecule has 0 fully saturated rings. The molecule has 0 atom stereocenters. The van der Waals surface area contributed by atoms with Gasteiger partial charge in [-0.25, -0.2) is 0 Å². The second-order valence-electron chi connectivity index (χ2n) is 10.7. The van der Waals surface area contributed by atoms with Crippen molar-refractivity contribution in [1.29, 1.82) is 0 Å². The summed E-state index contributed by atoms with van der Waals surface area (Å²) in [5.74, 6) is -0.154. The van der Waals surface area contributed by atoms with Crippen LogP contribution in [0, 0.1) is 41.5 Å². The van der Waals surface area contributed by atoms with Gasteiger partial charge >= 0.3 is 0 Å². The Morgan fingerprint density at radius 3 is 1.48 bits per heavy atom. The standard InChI is InChI=1S/C34H41O5P/c1-9-11-13-38-33-26(31(35)28-22(5)15-20(3)16-23(28)6)19-27(40-37)34(39-14-12-10-2)30(33)32(36)29-24(7)17-21(4)18-25(29)8/h15-19H,9-14H2,1-8H3. The highest BCUT2D eigenvalue weighted by Crippen LogP contribution is 2.38. The van der Waals surface area contributed by atoms with Crippen LogP contribution in [-0.2, 0) is 4.57 Å². The zero-order valence-electron chi connectivity index (χ0n) is 25.1. The molecule has 0 aliphatic rings. The first-order valence-corrected chi connectivity index (χ1v) is 14.9. The average Bonchev–Trinajstić information content (AvgIpc) is 2.87. The van der Waals surface area contributed by atoms with E-state index in [0.29, 0.717) is 24.3 Å². The van der Waals surface area contributed by atoms with E-state index in [1.54, 1.807) is 6.07 Å². The summed E-state index contributed by atoms with van der Waals surface area (Å²) in [4.78, 5) is 28.7. The Morgan fingerprint density at radius 2 is 1.05 bits per heavy atom. The van der Waals surface area contributed by atoms with Crippen molar-refractivity contribution in [3.05, 3.63) is 86.0 Å². The molecule has 0 unspecified atom stereocenters. The number of carbonyl (C=O) groups excluding carboxylic acids is 2. The Hall–Kier alpha value is -3.30. The molecule has 0 aliphatic carbocycles. The summed E-state index contributed by atoms with van der Waals surface area (Å²) in [7, 11) is -0.343. The van der Waals surface area contributed by atoms with Gasteiger partial charge in [-0.1, -0.05) is 62.1 Å². The van der Waals surface area contributed by atoms with Crippen molar-refractivity contribution in [3.8, 4) is 11.5 Å². The molecule has 3 aromatic carbocycles. The van der Waals surface area contributed by atoms with Gasteiger partial charge in [-0.05, 0) is 82.7 Å². The predicted molar refractivity (Wildman–Crippen MR) is 163 cm³/mol. The molecule has 6 heteroatoms. The van der Waals surface area contributed by atoms with Crippen LogP contribution in [0.15, 0.2) is 30.3 Å². The molecule has 0 spiro atoms. The SMILES string of the molecule is CCCCOc1c(P=O)cc(C(=O)c2c(C)cc(C)cc2C)c(OCCCC)c1C(=O)c1c(C)cc(C)cc1C. The minimum atomic E-state index is -0.343. The van der Waals surface area contributed by atoms with Gasteiger partial charge in [0.05, 0.1) is 24.1 Å². The fraction of sp³-hybridized carbons (Fsp3) is 0.412. The summed E-state index contributed by atoms with van der Waals surface area (Å²) < 4.78 is 25.1. The lowest BCUT2D eigenvalue weighted by atomic mass is 9.88. The monoisotopic (exact) mass is 560 g/mol. The smallest absolute Gasteiger partial charge is 0.201 e. The van der Waals surface area contributed by atoms with Gasteiger partial charge in [0.1, 0.15) is 17.1 Å². The van der Waals surface area contributed by atoms with Crippen LogP contribution >= 0.6 is 8.46 Å². The molecule has 0 bridgehead atoms. The minimum absolute atomic E-state index is 0.161. The third kappa shape index (κ3) is 6.70. The van der Waals surface area contributed by atoms with Crippen molar-refractivity contribution in [2.45, 2.75) is 81.1 Å². The number of unbranched alkanes of at least 4 members (excludes halogenated alkanes) is 2. The number of benzene rings is 3. The van der Waals surface area contributed by atoms with Gasteiger partial charge in [-0.3, -0.25) is 14.2 Å². The largest absolute Gasteiger partial charge is 0.492 e. The zero-order chi connectivity index (χ0) is 29.6. The fourth-order valence-corrected chi connectivity index (χ4v) is 5.79. The second-order valence-corrected chi connectivity index (χ2v) is 11.3. The van der Waals surface area contributed by atoms with E-state index < -0.39 is 0 Å². The number of aryl methyl sites for hydroxylation is 6. The van der Waals surface area contributed by atoms with Crippen molar-refractivity contribution in [1.82, 2.24) is 0 Å². The zero-order valence-corrected chi connectivity index (χ0v) is 26.0. The highest BCUT2D eigenvalue weighted by atomic mass is 31.1. The summed E-state index contributed by atoms with van der Waals surface area (Å²) in [5, 5.41) is 0.260. The molecular formula is C34H41O5P. The molecule has 40 heavy (non-hydrogen) atoms. The van der Waals surface area contributed by atoms with Crippen LogP contribution in [0.1, 0.15) is 105 Å². The first-order chi connectivity index (χ1) is 19.0. The average molecular weight is 561 g/mol. The van der Waals surface area contributed by atoms with Crippen LogP contribution < -0.4 is 14.8 Å². The van der Waals surface area contributed by atoms with E-state index in [-0.39, 0.29) is 48.0 Å². The topological polar surface area (TPSA) is 69.7 Å². The number of hydrogen-bond acceptors (Lipinski definition) is 5. The van der Waals surface area contributed by atoms with Crippen molar-refractivity contribution >= 4 is 25.3 Å². The molecular weight excluding hydrogens is 519 g/mol. The summed E-state index contributed by atoms with van der Waals surface area (Å²) in [6.07, 6.45) is 3.29. The Balaban J connectivity index is 2.42. The Labute approximate surface area is 240 Å². The molecule has 0 radical (unpaired) electrons. The van der Waals surface area contributed by atoms with Gasteiger partial charge in [-0.15, -0.1) is 0 Å². The van der Waals surface area contributed by atoms with Crippen molar-refractivity contribution in [3.63, 3.8) is 0 Å². The normalized spacial score (nSPS) is 11.1. The van der Waals surface area contributed by atoms with Crippen LogP contribution in [0.5, 0.6) is 11.5 Å². The van der Waals surface area contributed by atoms with E-state index in [2.05, 4.69) is 13.8 Å². The maximum atomic E-state index is 14.5. The molecule has 0 saturated carbocycles. The first kappa shape index (κ1) is 31.2. The van der Waals surface area contributed by atoms with Crippen molar-refractivity contribution < 1.29 is 23.6 Å². The van der Waals surface area contributed by atoms with Crippen molar-refractivity contribution in [2.75, 3.05) is 13.2 Å². The maximum absolute atomic E-state index is 14.5. The molecule has 0 saturated heterocycles. The Bertz CT molecular complexity index is 1390. The van der Waals surface area contributed by atoms with Crippen LogP contribution in [0.25, 0.3) is 0 Å². The number of ether oxygens (including phenoxy) is 2. The van der Waals surface area contributed by atoms with Crippen LogP contribution in [-0.4, -0.2) is 24.8 Å². The predicted octanol–water partition coefficient (Wildman–Crippen LogP) is 8.27. The second kappa shape index (κ2) is 13.9. The lowest BCUT2D eigenvalue weighted by Gasteiger charge is -2.22. The van der Waals surface area contributed by atoms with Crippen LogP contribution in [0.2, 0.25) is 0 Å². The maximum Gasteiger partial charge on any atom is 0.201 e. The molecule has 212 valence electrons. The van der Waals surface area contributed by atoms with E-state index >= 15 is 0 Å². The Kier molecular flexibility index (Phi) is 10.8. The Morgan fingerprint density at radius 1 is 0.625 bits per heavy atom. The molecule has 5 nitrogen and oxygen atoms in total. The van der Waals surface area contributed by atoms with E-state index in [4.69, 9.17) is 9.47 Å². The van der Waals surface area contributed by atoms with Crippen LogP contribution in [0.4, 0.5) is 0 Å². The van der Waals surface area contributed by atoms with Gasteiger partial charge in [-0.2, -0.15) is 0 Å². The number of carbonyl (C=O) groups is 2. The lowest BCUT2D eigenvalue weighted by molar-refractivity contribution is 0.102. The summed E-state index contributed by atoms with van der Waals surface area (Å²) in [5.41, 5.74) is 6.91. The third-order valence-corrected chi connectivity index (χ3v) is 7.61. The van der Waals surface area contributed by atoms with Gasteiger partial charge in [0, 0.05) is 11.1 Å². The molecule has 0 aliphatic heterocycles. The highest BCUT2D eigenvalue weighted by Gasteiger charge is 2.32. The van der Waals surface area contributed by atoms with E-state index in [1.165, 1.54) is 0 Å². The summed E-state index contributed by atoms with van der Waals surface area (Å²) >= 11 is 0. The van der Waals surface area contributed by atoms with E-state index in [1.807, 2.05) is 65.8 Å². The quantitative estimate of drug-likeness (QED) is 0.120. The summed E-state index contributed by atoms with van der Waals surface area (Å²) in [6, 6.07) is 9.45. The van der Waals surface area contributed by atoms with E-state index in [9.17, 15) is 14.2 Å². The molecule has 0 amide bonds. The molecule has 3 rings (SSSR count). The summed E-state index contributed by atoms with van der Waals surface area (Å²) in [6.45, 7) is 16.4. The first-order valence-electron chi connectivity index (χ1n) is 14.1. The molecule has 0 heterocycles. The lowest BCUT2D eigenvalue weighted by Crippen LogP contribution is -2.20. The molecule has 3 aromatic rings. The van der Waals surface area contributed by atoms with Crippen molar-refractivity contribution in [2.24, 2.45) is 0 Å². The third-order valence-electron chi connectivity index (χ3n) is 7.08. The van der Waals surface area contributed by atoms with Gasteiger partial charge in [0.25, 0.3) is 0 Å². The minimum Gasteiger partial charge on any atom is -0.492 e. The van der Waals surface area contributed by atoms with Gasteiger partial charge in [0.2, 0.25) is 5.78 Å². The molecule has 0 N–H and O–H groups in total. The van der Waals surface area contributed by atoms with Gasteiger partial charge < -0.3 is 9.47 Å². The molecule has 0 aromatic heterocycles. The van der Waals surface area contributed by atoms with E-state index in [0.717, 1.165) is 59.1 Å². The van der Waals surface area contributed by atoms with Crippen LogP contribution in [0.3, 0.4) is 0 Å². The number of ketones is 2.